The minimum Gasteiger partial charge on any atom is -0.322 e. The third-order valence-corrected chi connectivity index (χ3v) is 6.68. The Hall–Kier alpha value is -2.79. The van der Waals surface area contributed by atoms with Gasteiger partial charge in [-0.25, -0.2) is 16.8 Å². The van der Waals surface area contributed by atoms with Crippen molar-refractivity contribution in [2.24, 2.45) is 0 Å². The third kappa shape index (κ3) is 6.13. The van der Waals surface area contributed by atoms with Gasteiger partial charge in [0.05, 0.1) is 32.6 Å². The van der Waals surface area contributed by atoms with E-state index in [0.29, 0.717) is 5.69 Å². The maximum absolute atomic E-state index is 12.6. The molecule has 12 heteroatoms. The summed E-state index contributed by atoms with van der Waals surface area (Å²) in [5, 5.41) is 2.93. The number of para-hydroxylation sites is 1. The van der Waals surface area contributed by atoms with E-state index in [9.17, 15) is 21.6 Å². The van der Waals surface area contributed by atoms with Crippen LogP contribution < -0.4 is 14.8 Å². The van der Waals surface area contributed by atoms with Gasteiger partial charge in [-0.15, -0.1) is 0 Å². The van der Waals surface area contributed by atoms with Crippen LogP contribution in [-0.2, 0) is 20.0 Å². The smallest absolute Gasteiger partial charge is 0.261 e. The van der Waals surface area contributed by atoms with Crippen LogP contribution >= 0.6 is 23.2 Å². The molecule has 0 saturated carbocycles. The Morgan fingerprint density at radius 2 is 1.41 bits per heavy atom. The van der Waals surface area contributed by atoms with E-state index in [1.165, 1.54) is 48.5 Å². The molecule has 0 aliphatic rings. The molecule has 0 fully saturated rings. The highest BCUT2D eigenvalue weighted by Crippen LogP contribution is 2.26. The third-order valence-electron chi connectivity index (χ3n) is 4.07. The zero-order valence-electron chi connectivity index (χ0n) is 16.5. The second kappa shape index (κ2) is 9.37. The average molecular weight is 514 g/mol. The predicted octanol–water partition coefficient (Wildman–Crippen LogP) is 4.42. The van der Waals surface area contributed by atoms with Gasteiger partial charge in [-0.2, -0.15) is 0 Å². The van der Waals surface area contributed by atoms with E-state index in [0.717, 1.165) is 6.26 Å². The first-order chi connectivity index (χ1) is 14.9. The van der Waals surface area contributed by atoms with E-state index in [1.54, 1.807) is 18.2 Å². The summed E-state index contributed by atoms with van der Waals surface area (Å²) in [5.41, 5.74) is 0.927. The van der Waals surface area contributed by atoms with Crippen molar-refractivity contribution in [3.8, 4) is 0 Å². The Bertz CT molecular complexity index is 1380. The van der Waals surface area contributed by atoms with Gasteiger partial charge in [0.15, 0.2) is 0 Å². The Morgan fingerprint density at radius 3 is 2.00 bits per heavy atom. The lowest BCUT2D eigenvalue weighted by atomic mass is 10.2. The van der Waals surface area contributed by atoms with Gasteiger partial charge in [0.25, 0.3) is 15.9 Å². The molecule has 0 aliphatic carbocycles. The van der Waals surface area contributed by atoms with E-state index >= 15 is 0 Å². The number of hydrogen-bond donors (Lipinski definition) is 3. The second-order valence-electron chi connectivity index (χ2n) is 6.63. The van der Waals surface area contributed by atoms with E-state index < -0.39 is 26.0 Å². The first kappa shape index (κ1) is 23.9. The van der Waals surface area contributed by atoms with E-state index in [2.05, 4.69) is 14.8 Å². The molecule has 0 spiro atoms. The zero-order chi connectivity index (χ0) is 23.5. The Morgan fingerprint density at radius 1 is 0.781 bits per heavy atom. The molecule has 0 aromatic heterocycles. The number of rotatable bonds is 7. The van der Waals surface area contributed by atoms with E-state index in [-0.39, 0.29) is 31.9 Å². The average Bonchev–Trinajstić information content (AvgIpc) is 2.70. The van der Waals surface area contributed by atoms with Crippen LogP contribution in [0.4, 0.5) is 17.1 Å². The first-order valence-electron chi connectivity index (χ1n) is 8.91. The van der Waals surface area contributed by atoms with Crippen molar-refractivity contribution in [3.05, 3.63) is 82.3 Å². The molecule has 3 N–H and O–H groups in total. The van der Waals surface area contributed by atoms with Crippen molar-refractivity contribution < 1.29 is 21.6 Å². The minimum atomic E-state index is -3.88. The molecule has 8 nitrogen and oxygen atoms in total. The van der Waals surface area contributed by atoms with Crippen LogP contribution in [0.1, 0.15) is 10.4 Å². The zero-order valence-corrected chi connectivity index (χ0v) is 19.6. The second-order valence-corrected chi connectivity index (χ2v) is 10.9. The van der Waals surface area contributed by atoms with Crippen molar-refractivity contribution >= 4 is 66.2 Å². The van der Waals surface area contributed by atoms with Crippen molar-refractivity contribution in [1.29, 1.82) is 0 Å². The molecule has 0 atom stereocenters. The van der Waals surface area contributed by atoms with Crippen LogP contribution in [0.3, 0.4) is 0 Å². The minimum absolute atomic E-state index is 0.0188. The number of carbonyl (C=O) groups excluding carboxylic acids is 1. The highest BCUT2D eigenvalue weighted by atomic mass is 35.5. The number of nitrogens with one attached hydrogen (secondary N) is 3. The molecule has 3 aromatic carbocycles. The van der Waals surface area contributed by atoms with Crippen LogP contribution in [0.5, 0.6) is 0 Å². The number of halogens is 2. The van der Waals surface area contributed by atoms with Crippen LogP contribution in [0.15, 0.2) is 71.6 Å². The molecule has 0 aliphatic heterocycles. The van der Waals surface area contributed by atoms with Crippen molar-refractivity contribution in [3.63, 3.8) is 0 Å². The number of anilines is 3. The van der Waals surface area contributed by atoms with Gasteiger partial charge in [0.2, 0.25) is 10.0 Å². The van der Waals surface area contributed by atoms with Crippen LogP contribution in [0.2, 0.25) is 10.0 Å². The summed E-state index contributed by atoms with van der Waals surface area (Å²) in [7, 11) is -7.40. The molecule has 0 unspecified atom stereocenters. The van der Waals surface area contributed by atoms with Crippen LogP contribution in [0.25, 0.3) is 0 Å². The largest absolute Gasteiger partial charge is 0.322 e. The van der Waals surface area contributed by atoms with Gasteiger partial charge >= 0.3 is 0 Å². The van der Waals surface area contributed by atoms with Gasteiger partial charge in [0, 0.05) is 11.3 Å². The standard InChI is InChI=1S/C20H17Cl2N3O5S2/c1-31(27,28)24-19-11-6-13(12-17(19)22)20(26)23-14-7-9-15(10-8-14)32(29,30)25-18-5-3-2-4-16(18)21/h2-12,24-25H,1H3,(H,23,26). The number of carbonyl (C=O) groups is 1. The lowest BCUT2D eigenvalue weighted by Gasteiger charge is -2.11. The number of hydrogen-bond acceptors (Lipinski definition) is 5. The monoisotopic (exact) mass is 513 g/mol. The quantitative estimate of drug-likeness (QED) is 0.431. The highest BCUT2D eigenvalue weighted by molar-refractivity contribution is 7.92. The molecule has 0 radical (unpaired) electrons. The topological polar surface area (TPSA) is 121 Å². The molecule has 1 amide bonds. The Kier molecular flexibility index (Phi) is 6.99. The van der Waals surface area contributed by atoms with Gasteiger partial charge in [-0.1, -0.05) is 35.3 Å². The highest BCUT2D eigenvalue weighted by Gasteiger charge is 2.16. The first-order valence-corrected chi connectivity index (χ1v) is 13.0. The number of sulfonamides is 2. The number of amides is 1. The molecular formula is C20H17Cl2N3O5S2. The molecule has 0 bridgehead atoms. The van der Waals surface area contributed by atoms with E-state index in [4.69, 9.17) is 23.2 Å². The van der Waals surface area contributed by atoms with Gasteiger partial charge in [-0.05, 0) is 54.6 Å². The molecule has 168 valence electrons. The fourth-order valence-electron chi connectivity index (χ4n) is 2.61. The fourth-order valence-corrected chi connectivity index (χ4v) is 4.79. The van der Waals surface area contributed by atoms with Gasteiger partial charge in [-0.3, -0.25) is 14.2 Å². The molecular weight excluding hydrogens is 497 g/mol. The Labute approximate surface area is 195 Å². The SMILES string of the molecule is CS(=O)(=O)Nc1ccc(C(=O)Nc2ccc(S(=O)(=O)Nc3ccccc3Cl)cc2)cc1Cl. The molecule has 0 heterocycles. The van der Waals surface area contributed by atoms with Gasteiger partial charge < -0.3 is 5.32 Å². The van der Waals surface area contributed by atoms with Crippen LogP contribution in [0, 0.1) is 0 Å². The van der Waals surface area contributed by atoms with Crippen molar-refractivity contribution in [2.45, 2.75) is 4.90 Å². The lowest BCUT2D eigenvalue weighted by molar-refractivity contribution is 0.102. The predicted molar refractivity (Wildman–Crippen MR) is 127 cm³/mol. The maximum atomic E-state index is 12.6. The van der Waals surface area contributed by atoms with Crippen LogP contribution in [-0.4, -0.2) is 29.0 Å². The summed E-state index contributed by atoms with van der Waals surface area (Å²) in [6, 6.07) is 16.1. The molecule has 0 saturated heterocycles. The normalized spacial score (nSPS) is 11.6. The lowest BCUT2D eigenvalue weighted by Crippen LogP contribution is -2.15. The summed E-state index contributed by atoms with van der Waals surface area (Å²) >= 11 is 12.0. The summed E-state index contributed by atoms with van der Waals surface area (Å²) in [6.07, 6.45) is 0.984. The summed E-state index contributed by atoms with van der Waals surface area (Å²) in [4.78, 5) is 12.5. The maximum Gasteiger partial charge on any atom is 0.261 e. The van der Waals surface area contributed by atoms with Gasteiger partial charge in [0.1, 0.15) is 0 Å². The van der Waals surface area contributed by atoms with Crippen molar-refractivity contribution in [2.75, 3.05) is 21.0 Å². The summed E-state index contributed by atoms with van der Waals surface area (Å²) in [5.74, 6) is -0.511. The molecule has 32 heavy (non-hydrogen) atoms. The fraction of sp³-hybridized carbons (Fsp3) is 0.0500. The molecule has 3 aromatic rings. The number of benzene rings is 3. The summed E-state index contributed by atoms with van der Waals surface area (Å²) < 4.78 is 52.4. The van der Waals surface area contributed by atoms with Crippen molar-refractivity contribution in [1.82, 2.24) is 0 Å². The van der Waals surface area contributed by atoms with E-state index in [1.807, 2.05) is 0 Å². The molecule has 3 rings (SSSR count). The summed E-state index contributed by atoms with van der Waals surface area (Å²) in [6.45, 7) is 0. The Balaban J connectivity index is 1.72.